The molecule has 1 atom stereocenters. The predicted octanol–water partition coefficient (Wildman–Crippen LogP) is 2.39. The van der Waals surface area contributed by atoms with E-state index in [1.165, 1.54) is 7.11 Å². The highest BCUT2D eigenvalue weighted by Gasteiger charge is 2.22. The lowest BCUT2D eigenvalue weighted by Crippen LogP contribution is -2.36. The number of alkyl carbamates (subject to hydrolysis) is 1. The Morgan fingerprint density at radius 1 is 1.24 bits per heavy atom. The maximum absolute atomic E-state index is 11.6. The van der Waals surface area contributed by atoms with Gasteiger partial charge in [-0.05, 0) is 38.5 Å². The average Bonchev–Trinajstić information content (AvgIpc) is 2.37. The lowest BCUT2D eigenvalue weighted by molar-refractivity contribution is -0.138. The third-order valence-corrected chi connectivity index (χ3v) is 2.67. The van der Waals surface area contributed by atoms with Crippen LogP contribution in [0, 0.1) is 0 Å². The second-order valence-corrected chi connectivity index (χ2v) is 5.55. The van der Waals surface area contributed by atoms with Crippen molar-refractivity contribution in [3.05, 3.63) is 29.8 Å². The number of carboxylic acids is 1. The maximum atomic E-state index is 11.6. The summed E-state index contributed by atoms with van der Waals surface area (Å²) in [5.74, 6) is -1.22. The summed E-state index contributed by atoms with van der Waals surface area (Å²) in [4.78, 5) is 22.9. The summed E-state index contributed by atoms with van der Waals surface area (Å²) in [5.41, 5.74) is -0.0394. The van der Waals surface area contributed by atoms with Crippen molar-refractivity contribution < 1.29 is 24.2 Å². The fraction of sp³-hybridized carbons (Fsp3) is 0.467. The molecule has 0 fully saturated rings. The predicted molar refractivity (Wildman–Crippen MR) is 77.6 cm³/mol. The van der Waals surface area contributed by atoms with Gasteiger partial charge in [0.05, 0.1) is 13.0 Å². The first-order valence-electron chi connectivity index (χ1n) is 6.56. The van der Waals surface area contributed by atoms with Gasteiger partial charge in [-0.3, -0.25) is 4.79 Å². The molecule has 21 heavy (non-hydrogen) atoms. The van der Waals surface area contributed by atoms with E-state index in [1.54, 1.807) is 45.0 Å². The van der Waals surface area contributed by atoms with Crippen LogP contribution in [0.4, 0.5) is 4.79 Å². The number of methoxy groups -OCH3 is 1. The van der Waals surface area contributed by atoms with Crippen LogP contribution in [-0.2, 0) is 9.53 Å². The van der Waals surface area contributed by atoms with Crippen LogP contribution >= 0.6 is 0 Å². The zero-order chi connectivity index (χ0) is 16.0. The Hall–Kier alpha value is -2.24. The maximum Gasteiger partial charge on any atom is 0.407 e. The van der Waals surface area contributed by atoms with Crippen LogP contribution in [0.2, 0.25) is 0 Å². The van der Waals surface area contributed by atoms with E-state index < -0.39 is 23.6 Å². The van der Waals surface area contributed by atoms with E-state index in [0.29, 0.717) is 11.3 Å². The van der Waals surface area contributed by atoms with Crippen molar-refractivity contribution in [2.75, 3.05) is 13.7 Å². The fourth-order valence-corrected chi connectivity index (χ4v) is 1.68. The number of carboxylic acid groups (broad SMARTS) is 1. The van der Waals surface area contributed by atoms with Crippen LogP contribution in [0.1, 0.15) is 32.3 Å². The minimum Gasteiger partial charge on any atom is -0.497 e. The Balaban J connectivity index is 2.70. The number of hydrogen-bond donors (Lipinski definition) is 2. The number of benzene rings is 1. The number of carbonyl (C=O) groups excluding carboxylic acids is 1. The van der Waals surface area contributed by atoms with Gasteiger partial charge >= 0.3 is 12.1 Å². The second-order valence-electron chi connectivity index (χ2n) is 5.55. The number of amides is 1. The molecule has 0 heterocycles. The molecule has 0 aliphatic rings. The molecule has 2 N–H and O–H groups in total. The highest BCUT2D eigenvalue weighted by atomic mass is 16.6. The van der Waals surface area contributed by atoms with Gasteiger partial charge in [0.1, 0.15) is 11.4 Å². The lowest BCUT2D eigenvalue weighted by atomic mass is 9.99. The summed E-state index contributed by atoms with van der Waals surface area (Å²) in [5, 5.41) is 11.7. The fourth-order valence-electron chi connectivity index (χ4n) is 1.68. The van der Waals surface area contributed by atoms with Crippen molar-refractivity contribution in [2.24, 2.45) is 0 Å². The van der Waals surface area contributed by atoms with E-state index in [1.807, 2.05) is 0 Å². The molecule has 0 aliphatic carbocycles. The second kappa shape index (κ2) is 6.97. The molecule has 1 rings (SSSR count). The van der Waals surface area contributed by atoms with Gasteiger partial charge in [-0.15, -0.1) is 0 Å². The van der Waals surface area contributed by atoms with Crippen molar-refractivity contribution in [3.63, 3.8) is 0 Å². The van der Waals surface area contributed by atoms with Gasteiger partial charge in [-0.1, -0.05) is 12.1 Å². The van der Waals surface area contributed by atoms with Crippen LogP contribution in [-0.4, -0.2) is 36.4 Å². The molecule has 0 bridgehead atoms. The quantitative estimate of drug-likeness (QED) is 0.871. The topological polar surface area (TPSA) is 84.9 Å². The van der Waals surface area contributed by atoms with Crippen LogP contribution in [0.25, 0.3) is 0 Å². The SMILES string of the molecule is COc1ccc([C@H](CNC(=O)OC(C)(C)C)C(=O)O)cc1. The Labute approximate surface area is 124 Å². The van der Waals surface area contributed by atoms with Crippen LogP contribution in [0.5, 0.6) is 5.75 Å². The van der Waals surface area contributed by atoms with Gasteiger partial charge in [0, 0.05) is 6.54 Å². The molecule has 0 aromatic heterocycles. The number of aliphatic carboxylic acids is 1. The van der Waals surface area contributed by atoms with Gasteiger partial charge < -0.3 is 19.9 Å². The summed E-state index contributed by atoms with van der Waals surface area (Å²) in [6.07, 6.45) is -0.637. The van der Waals surface area contributed by atoms with Crippen molar-refractivity contribution in [1.82, 2.24) is 5.32 Å². The molecule has 6 heteroatoms. The summed E-state index contributed by atoms with van der Waals surface area (Å²) in [7, 11) is 1.54. The molecule has 6 nitrogen and oxygen atoms in total. The Bertz CT molecular complexity index is 490. The number of ether oxygens (including phenoxy) is 2. The first-order chi connectivity index (χ1) is 9.73. The zero-order valence-electron chi connectivity index (χ0n) is 12.7. The minimum absolute atomic E-state index is 0.0451. The van der Waals surface area contributed by atoms with Crippen LogP contribution in [0.3, 0.4) is 0 Å². The van der Waals surface area contributed by atoms with Crippen molar-refractivity contribution in [1.29, 1.82) is 0 Å². The van der Waals surface area contributed by atoms with Gasteiger partial charge in [0.25, 0.3) is 0 Å². The highest BCUT2D eigenvalue weighted by molar-refractivity contribution is 5.77. The summed E-state index contributed by atoms with van der Waals surface area (Å²) >= 11 is 0. The van der Waals surface area contributed by atoms with Crippen molar-refractivity contribution in [2.45, 2.75) is 32.3 Å². The summed E-state index contributed by atoms with van der Waals surface area (Å²) in [6.45, 7) is 5.18. The normalized spacial score (nSPS) is 12.4. The first-order valence-corrected chi connectivity index (χ1v) is 6.56. The molecule has 0 saturated heterocycles. The molecule has 0 radical (unpaired) electrons. The number of hydrogen-bond acceptors (Lipinski definition) is 4. The first kappa shape index (κ1) is 16.8. The molecule has 0 unspecified atom stereocenters. The summed E-state index contributed by atoms with van der Waals surface area (Å²) < 4.78 is 10.1. The van der Waals surface area contributed by atoms with E-state index in [9.17, 15) is 14.7 Å². The van der Waals surface area contributed by atoms with E-state index in [4.69, 9.17) is 9.47 Å². The molecule has 1 aromatic carbocycles. The zero-order valence-corrected chi connectivity index (χ0v) is 12.7. The molecular weight excluding hydrogens is 274 g/mol. The lowest BCUT2D eigenvalue weighted by Gasteiger charge is -2.21. The van der Waals surface area contributed by atoms with E-state index in [2.05, 4.69) is 5.32 Å². The Kier molecular flexibility index (Phi) is 5.58. The van der Waals surface area contributed by atoms with Gasteiger partial charge in [0.2, 0.25) is 0 Å². The Morgan fingerprint density at radius 2 is 1.81 bits per heavy atom. The number of carbonyl (C=O) groups is 2. The molecule has 116 valence electrons. The molecular formula is C15H21NO5. The monoisotopic (exact) mass is 295 g/mol. The van der Waals surface area contributed by atoms with E-state index in [-0.39, 0.29) is 6.54 Å². The third-order valence-electron chi connectivity index (χ3n) is 2.67. The molecule has 0 aliphatic heterocycles. The smallest absolute Gasteiger partial charge is 0.407 e. The van der Waals surface area contributed by atoms with Crippen LogP contribution in [0.15, 0.2) is 24.3 Å². The van der Waals surface area contributed by atoms with E-state index in [0.717, 1.165) is 0 Å². The Morgan fingerprint density at radius 3 is 2.24 bits per heavy atom. The number of nitrogens with one attached hydrogen (secondary N) is 1. The highest BCUT2D eigenvalue weighted by Crippen LogP contribution is 2.19. The average molecular weight is 295 g/mol. The van der Waals surface area contributed by atoms with E-state index >= 15 is 0 Å². The van der Waals surface area contributed by atoms with Crippen molar-refractivity contribution in [3.8, 4) is 5.75 Å². The van der Waals surface area contributed by atoms with Gasteiger partial charge in [-0.25, -0.2) is 4.79 Å². The van der Waals surface area contributed by atoms with Crippen LogP contribution < -0.4 is 10.1 Å². The number of rotatable bonds is 5. The van der Waals surface area contributed by atoms with Crippen molar-refractivity contribution >= 4 is 12.1 Å². The molecule has 0 spiro atoms. The molecule has 1 amide bonds. The third kappa shape index (κ3) is 5.72. The molecule has 0 saturated carbocycles. The van der Waals surface area contributed by atoms with Gasteiger partial charge in [0.15, 0.2) is 0 Å². The minimum atomic E-state index is -1.02. The molecule has 1 aromatic rings. The van der Waals surface area contributed by atoms with Gasteiger partial charge in [-0.2, -0.15) is 0 Å². The largest absolute Gasteiger partial charge is 0.497 e. The summed E-state index contributed by atoms with van der Waals surface area (Å²) in [6, 6.07) is 6.68. The standard InChI is InChI=1S/C15H21NO5/c1-15(2,3)21-14(19)16-9-12(13(17)18)10-5-7-11(20-4)8-6-10/h5-8,12H,9H2,1-4H3,(H,16,19)(H,17,18)/t12-/m0/s1.